The lowest BCUT2D eigenvalue weighted by molar-refractivity contribution is -0.167. The highest BCUT2D eigenvalue weighted by atomic mass is 16.6. The number of allylic oxidation sites excluding steroid dienone is 16. The third-order valence-corrected chi connectivity index (χ3v) is 15.3. The molecule has 82 heavy (non-hydrogen) atoms. The molecule has 0 saturated carbocycles. The zero-order valence-corrected chi connectivity index (χ0v) is 54.2. The van der Waals surface area contributed by atoms with Crippen LogP contribution in [0.3, 0.4) is 0 Å². The first-order valence-corrected chi connectivity index (χ1v) is 35.2. The Kier molecular flexibility index (Phi) is 66.7. The zero-order chi connectivity index (χ0) is 59.2. The molecule has 6 heteroatoms. The second-order valence-corrected chi connectivity index (χ2v) is 23.4. The van der Waals surface area contributed by atoms with Crippen molar-refractivity contribution in [2.24, 2.45) is 0 Å². The van der Waals surface area contributed by atoms with Crippen LogP contribution in [-0.4, -0.2) is 37.2 Å². The van der Waals surface area contributed by atoms with Gasteiger partial charge in [-0.2, -0.15) is 0 Å². The summed E-state index contributed by atoms with van der Waals surface area (Å²) in [6.07, 6.45) is 94.3. The van der Waals surface area contributed by atoms with Crippen LogP contribution >= 0.6 is 0 Å². The van der Waals surface area contributed by atoms with Crippen LogP contribution in [0.4, 0.5) is 0 Å². The van der Waals surface area contributed by atoms with Gasteiger partial charge in [-0.3, -0.25) is 14.4 Å². The summed E-state index contributed by atoms with van der Waals surface area (Å²) in [7, 11) is 0. The molecule has 1 unspecified atom stereocenters. The molecule has 1 atom stereocenters. The fraction of sp³-hybridized carbons (Fsp3) is 0.750. The van der Waals surface area contributed by atoms with Gasteiger partial charge in [-0.25, -0.2) is 0 Å². The highest BCUT2D eigenvalue weighted by Gasteiger charge is 2.19. The van der Waals surface area contributed by atoms with Gasteiger partial charge in [0.1, 0.15) is 13.2 Å². The summed E-state index contributed by atoms with van der Waals surface area (Å²) in [6, 6.07) is 0. The van der Waals surface area contributed by atoms with Crippen molar-refractivity contribution in [1.82, 2.24) is 0 Å². The van der Waals surface area contributed by atoms with E-state index in [0.29, 0.717) is 19.3 Å². The number of esters is 3. The van der Waals surface area contributed by atoms with Gasteiger partial charge in [0.25, 0.3) is 0 Å². The molecule has 0 aromatic rings. The van der Waals surface area contributed by atoms with Gasteiger partial charge in [-0.05, 0) is 96.3 Å². The summed E-state index contributed by atoms with van der Waals surface area (Å²) in [6.45, 7) is 6.46. The van der Waals surface area contributed by atoms with Crippen LogP contribution in [0.2, 0.25) is 0 Å². The molecule has 0 radical (unpaired) electrons. The molecule has 0 heterocycles. The van der Waals surface area contributed by atoms with Crippen molar-refractivity contribution < 1.29 is 28.6 Å². The maximum absolute atomic E-state index is 13.0. The first-order valence-electron chi connectivity index (χ1n) is 35.2. The molecule has 0 rings (SSSR count). The molecular weight excluding hydrogens is 1010 g/mol. The molecular formula is C76H132O6. The number of unbranched alkanes of at least 4 members (excludes halogenated alkanes) is 37. The van der Waals surface area contributed by atoms with Crippen molar-refractivity contribution in [1.29, 1.82) is 0 Å². The van der Waals surface area contributed by atoms with E-state index in [-0.39, 0.29) is 31.1 Å². The maximum atomic E-state index is 13.0. The zero-order valence-electron chi connectivity index (χ0n) is 54.2. The van der Waals surface area contributed by atoms with Gasteiger partial charge in [-0.1, -0.05) is 330 Å². The lowest BCUT2D eigenvalue weighted by Crippen LogP contribution is -2.30. The Balaban J connectivity index is 4.30. The highest BCUT2D eigenvalue weighted by molar-refractivity contribution is 5.71. The molecule has 0 fully saturated rings. The third-order valence-electron chi connectivity index (χ3n) is 15.3. The molecule has 0 aromatic heterocycles. The van der Waals surface area contributed by atoms with E-state index in [2.05, 4.69) is 118 Å². The third kappa shape index (κ3) is 67.1. The number of carbonyl (C=O) groups excluding carboxylic acids is 3. The molecule has 0 saturated heterocycles. The second-order valence-electron chi connectivity index (χ2n) is 23.4. The summed E-state index contributed by atoms with van der Waals surface area (Å²) in [5, 5.41) is 0. The standard InChI is InChI=1S/C76H132O6/c1-4-7-10-13-16-19-22-25-28-30-32-34-36-38-40-42-44-46-48-51-54-57-60-63-66-69-75(78)81-72-73(71-80-74(77)68-65-62-59-56-53-50-27-24-21-18-15-12-9-6-3)82-76(79)70-67-64-61-58-55-52-49-47-45-43-41-39-37-35-33-31-29-26-23-20-17-14-11-8-5-2/h7-8,10-11,16-17,19-20,25-26,28-29,32-35,73H,4-6,9,12-15,18,21-24,27,30-31,36-72H2,1-3H3/b10-7-,11-8-,19-16-,20-17-,28-25-,29-26-,34-32-,35-33-. The Morgan fingerprint density at radius 3 is 0.744 bits per heavy atom. The van der Waals surface area contributed by atoms with E-state index < -0.39 is 6.10 Å². The van der Waals surface area contributed by atoms with Crippen LogP contribution in [0.5, 0.6) is 0 Å². The van der Waals surface area contributed by atoms with Crippen LogP contribution < -0.4 is 0 Å². The van der Waals surface area contributed by atoms with E-state index in [0.717, 1.165) is 109 Å². The largest absolute Gasteiger partial charge is 0.462 e. The Labute approximate surface area is 508 Å². The van der Waals surface area contributed by atoms with E-state index in [4.69, 9.17) is 14.2 Å². The molecule has 0 aromatic carbocycles. The summed E-state index contributed by atoms with van der Waals surface area (Å²) >= 11 is 0. The first kappa shape index (κ1) is 78.3. The summed E-state index contributed by atoms with van der Waals surface area (Å²) in [4.78, 5) is 38.5. The normalized spacial score (nSPS) is 12.7. The quantitative estimate of drug-likeness (QED) is 0.0261. The molecule has 0 N–H and O–H groups in total. The van der Waals surface area contributed by atoms with Gasteiger partial charge in [0.2, 0.25) is 0 Å². The van der Waals surface area contributed by atoms with Crippen LogP contribution in [0.15, 0.2) is 97.2 Å². The van der Waals surface area contributed by atoms with Crippen LogP contribution in [0.25, 0.3) is 0 Å². The number of ether oxygens (including phenoxy) is 3. The molecule has 0 bridgehead atoms. The van der Waals surface area contributed by atoms with E-state index in [1.807, 2.05) is 0 Å². The number of rotatable bonds is 64. The van der Waals surface area contributed by atoms with Crippen molar-refractivity contribution >= 4 is 17.9 Å². The van der Waals surface area contributed by atoms with Gasteiger partial charge in [0, 0.05) is 19.3 Å². The average molecular weight is 1140 g/mol. The molecule has 6 nitrogen and oxygen atoms in total. The van der Waals surface area contributed by atoms with E-state index in [1.54, 1.807) is 0 Å². The Hall–Kier alpha value is -3.67. The molecule has 472 valence electrons. The van der Waals surface area contributed by atoms with Crippen LogP contribution in [0, 0.1) is 0 Å². The lowest BCUT2D eigenvalue weighted by Gasteiger charge is -2.18. The molecule has 0 aliphatic heterocycles. The predicted molar refractivity (Wildman–Crippen MR) is 357 cm³/mol. The smallest absolute Gasteiger partial charge is 0.306 e. The molecule has 0 aliphatic carbocycles. The van der Waals surface area contributed by atoms with E-state index >= 15 is 0 Å². The van der Waals surface area contributed by atoms with Gasteiger partial charge < -0.3 is 14.2 Å². The Bertz CT molecular complexity index is 1590. The summed E-state index contributed by atoms with van der Waals surface area (Å²) in [5.41, 5.74) is 0. The fourth-order valence-corrected chi connectivity index (χ4v) is 10.1. The Morgan fingerprint density at radius 2 is 0.476 bits per heavy atom. The highest BCUT2D eigenvalue weighted by Crippen LogP contribution is 2.18. The average Bonchev–Trinajstić information content (AvgIpc) is 3.47. The van der Waals surface area contributed by atoms with Gasteiger partial charge in [-0.15, -0.1) is 0 Å². The monoisotopic (exact) mass is 1140 g/mol. The Morgan fingerprint density at radius 1 is 0.256 bits per heavy atom. The summed E-state index contributed by atoms with van der Waals surface area (Å²) in [5.74, 6) is -0.860. The molecule has 0 spiro atoms. The number of hydrogen-bond donors (Lipinski definition) is 0. The number of hydrogen-bond acceptors (Lipinski definition) is 6. The van der Waals surface area contributed by atoms with Crippen molar-refractivity contribution in [3.63, 3.8) is 0 Å². The fourth-order valence-electron chi connectivity index (χ4n) is 10.1. The lowest BCUT2D eigenvalue weighted by atomic mass is 10.0. The second kappa shape index (κ2) is 69.8. The van der Waals surface area contributed by atoms with E-state index in [1.165, 1.54) is 199 Å². The summed E-state index contributed by atoms with van der Waals surface area (Å²) < 4.78 is 17.0. The number of carbonyl (C=O) groups is 3. The van der Waals surface area contributed by atoms with Crippen molar-refractivity contribution in [2.75, 3.05) is 13.2 Å². The van der Waals surface area contributed by atoms with Crippen LogP contribution in [-0.2, 0) is 28.6 Å². The first-order chi connectivity index (χ1) is 40.5. The van der Waals surface area contributed by atoms with Gasteiger partial charge in [0.15, 0.2) is 6.10 Å². The van der Waals surface area contributed by atoms with Gasteiger partial charge in [0.05, 0.1) is 0 Å². The van der Waals surface area contributed by atoms with Crippen LogP contribution in [0.1, 0.15) is 348 Å². The van der Waals surface area contributed by atoms with Crippen molar-refractivity contribution in [3.8, 4) is 0 Å². The topological polar surface area (TPSA) is 78.9 Å². The molecule has 0 amide bonds. The van der Waals surface area contributed by atoms with E-state index in [9.17, 15) is 14.4 Å². The minimum atomic E-state index is -0.779. The predicted octanol–water partition coefficient (Wildman–Crippen LogP) is 24.4. The SMILES string of the molecule is CC/C=C\C/C=C\C/C=C\C/C=C\CCCCCCCCCCCCCCC(=O)OCC(COC(=O)CCCCCCCCCCCCCCCC)OC(=O)CCCCCCCCCCCCCC/C=C\C/C=C\C/C=C\C/C=C\CC. The van der Waals surface area contributed by atoms with Gasteiger partial charge >= 0.3 is 17.9 Å². The van der Waals surface area contributed by atoms with Crippen molar-refractivity contribution in [3.05, 3.63) is 97.2 Å². The minimum Gasteiger partial charge on any atom is -0.462 e. The molecule has 0 aliphatic rings. The van der Waals surface area contributed by atoms with Crippen molar-refractivity contribution in [2.45, 2.75) is 354 Å². The minimum absolute atomic E-state index is 0.0742. The maximum Gasteiger partial charge on any atom is 0.306 e.